The van der Waals surface area contributed by atoms with Crippen molar-refractivity contribution in [2.24, 2.45) is 4.99 Å². The molecule has 2 heteroatoms. The minimum atomic E-state index is 0.576. The lowest BCUT2D eigenvalue weighted by Gasteiger charge is -1.98. The lowest BCUT2D eigenvalue weighted by Crippen LogP contribution is -2.80. The third-order valence-electron chi connectivity index (χ3n) is 2.84. The van der Waals surface area contributed by atoms with E-state index in [0.29, 0.717) is 12.1 Å². The van der Waals surface area contributed by atoms with E-state index in [0.717, 1.165) is 0 Å². The molecule has 1 fully saturated rings. The summed E-state index contributed by atoms with van der Waals surface area (Å²) < 4.78 is 0. The molecule has 0 radical (unpaired) electrons. The Morgan fingerprint density at radius 3 is 2.93 bits per heavy atom. The predicted octanol–water partition coefficient (Wildman–Crippen LogP) is 0.816. The van der Waals surface area contributed by atoms with Gasteiger partial charge < -0.3 is 5.32 Å². The Hall–Kier alpha value is -1.41. The van der Waals surface area contributed by atoms with E-state index in [9.17, 15) is 0 Å². The zero-order valence-electron chi connectivity index (χ0n) is 7.93. The summed E-state index contributed by atoms with van der Waals surface area (Å²) in [5.41, 5.74) is 2.49. The third kappa shape index (κ3) is 1.38. The maximum Gasteiger partial charge on any atom is 0.115 e. The fourth-order valence-corrected chi connectivity index (χ4v) is 1.83. The van der Waals surface area contributed by atoms with Crippen LogP contribution in [-0.4, -0.2) is 18.3 Å². The van der Waals surface area contributed by atoms with Crippen LogP contribution in [0.4, 0.5) is 0 Å². The molecule has 2 nitrogen and oxygen atoms in total. The van der Waals surface area contributed by atoms with Gasteiger partial charge in [-0.2, -0.15) is 0 Å². The van der Waals surface area contributed by atoms with Crippen LogP contribution in [0.1, 0.15) is 12.0 Å². The van der Waals surface area contributed by atoms with Gasteiger partial charge in [0.05, 0.1) is 5.57 Å². The molecule has 0 aromatic heterocycles. The van der Waals surface area contributed by atoms with Crippen LogP contribution in [-0.2, 0) is 0 Å². The second-order valence-electron chi connectivity index (χ2n) is 3.93. The quantitative estimate of drug-likeness (QED) is 0.671. The number of allylic oxidation sites excluding steroid dienone is 1. The summed E-state index contributed by atoms with van der Waals surface area (Å²) in [6.45, 7) is 0. The molecule has 1 heterocycles. The number of nitrogens with two attached hydrogens (primary N) is 1. The average molecular weight is 185 g/mol. The molecular weight excluding hydrogens is 172 g/mol. The van der Waals surface area contributed by atoms with Gasteiger partial charge in [-0.15, -0.1) is 0 Å². The van der Waals surface area contributed by atoms with Gasteiger partial charge in [-0.3, -0.25) is 4.99 Å². The summed E-state index contributed by atoms with van der Waals surface area (Å²) in [7, 11) is 0. The summed E-state index contributed by atoms with van der Waals surface area (Å²) in [6, 6.07) is 11.7. The average Bonchev–Trinajstić information content (AvgIpc) is 2.96. The van der Waals surface area contributed by atoms with E-state index in [1.165, 1.54) is 17.6 Å². The monoisotopic (exact) mass is 185 g/mol. The van der Waals surface area contributed by atoms with Crippen LogP contribution in [0.25, 0.3) is 5.57 Å². The van der Waals surface area contributed by atoms with E-state index in [-0.39, 0.29) is 0 Å². The molecule has 0 saturated heterocycles. The van der Waals surface area contributed by atoms with Crippen molar-refractivity contribution in [3.8, 4) is 0 Å². The number of nitrogens with zero attached hydrogens (tertiary/aromatic N) is 1. The number of benzene rings is 1. The minimum absolute atomic E-state index is 0.576. The SMILES string of the molecule is C1=NC2CC2[NH2+]C=C1c1ccccc1. The smallest absolute Gasteiger partial charge is 0.115 e. The summed E-state index contributed by atoms with van der Waals surface area (Å²) >= 11 is 0. The van der Waals surface area contributed by atoms with Crippen molar-refractivity contribution >= 4 is 11.8 Å². The summed E-state index contributed by atoms with van der Waals surface area (Å²) in [6.07, 6.45) is 5.47. The molecule has 0 bridgehead atoms. The first-order valence-electron chi connectivity index (χ1n) is 5.07. The van der Waals surface area contributed by atoms with Crippen molar-refractivity contribution in [2.75, 3.05) is 0 Å². The largest absolute Gasteiger partial charge is 0.315 e. The van der Waals surface area contributed by atoms with Crippen molar-refractivity contribution < 1.29 is 5.32 Å². The van der Waals surface area contributed by atoms with E-state index in [1.54, 1.807) is 0 Å². The van der Waals surface area contributed by atoms with Crippen LogP contribution in [0.5, 0.6) is 0 Å². The van der Waals surface area contributed by atoms with Gasteiger partial charge in [-0.05, 0) is 5.56 Å². The van der Waals surface area contributed by atoms with Gasteiger partial charge in [-0.25, -0.2) is 0 Å². The molecule has 2 aliphatic rings. The van der Waals surface area contributed by atoms with E-state index in [1.807, 2.05) is 12.3 Å². The van der Waals surface area contributed by atoms with Crippen molar-refractivity contribution in [1.29, 1.82) is 0 Å². The summed E-state index contributed by atoms with van der Waals surface area (Å²) in [4.78, 5) is 4.53. The molecule has 1 saturated carbocycles. The first-order valence-corrected chi connectivity index (χ1v) is 5.07. The standard InChI is InChI=1S/C12H12N2/c1-2-4-9(5-3-1)10-7-13-11-6-12(11)14-8-10/h1-5,7-8,11-13H,6H2/p+1. The number of hydrogen-bond acceptors (Lipinski definition) is 1. The summed E-state index contributed by atoms with van der Waals surface area (Å²) in [5.74, 6) is 0. The molecule has 14 heavy (non-hydrogen) atoms. The van der Waals surface area contributed by atoms with Crippen LogP contribution >= 0.6 is 0 Å². The van der Waals surface area contributed by atoms with Crippen molar-refractivity contribution in [1.82, 2.24) is 0 Å². The van der Waals surface area contributed by atoms with Gasteiger partial charge in [0.2, 0.25) is 0 Å². The molecule has 2 unspecified atom stereocenters. The molecule has 70 valence electrons. The molecular formula is C12H13N2+. The summed E-state index contributed by atoms with van der Waals surface area (Å²) in [5, 5.41) is 2.29. The maximum absolute atomic E-state index is 4.53. The van der Waals surface area contributed by atoms with Crippen molar-refractivity contribution in [2.45, 2.75) is 18.5 Å². The Kier molecular flexibility index (Phi) is 1.74. The first kappa shape index (κ1) is 7.94. The Morgan fingerprint density at radius 2 is 2.07 bits per heavy atom. The lowest BCUT2D eigenvalue weighted by molar-refractivity contribution is -0.601. The number of rotatable bonds is 1. The van der Waals surface area contributed by atoms with Gasteiger partial charge in [0, 0.05) is 12.6 Å². The molecule has 0 amide bonds. The molecule has 1 aromatic rings. The fraction of sp³-hybridized carbons (Fsp3) is 0.250. The Labute approximate surface area is 83.4 Å². The van der Waals surface area contributed by atoms with Gasteiger partial charge in [-0.1, -0.05) is 30.3 Å². The minimum Gasteiger partial charge on any atom is -0.315 e. The van der Waals surface area contributed by atoms with Crippen molar-refractivity contribution in [3.63, 3.8) is 0 Å². The predicted molar refractivity (Wildman–Crippen MR) is 57.0 cm³/mol. The Bertz CT molecular complexity index is 392. The van der Waals surface area contributed by atoms with Crippen LogP contribution < -0.4 is 5.32 Å². The molecule has 1 aliphatic heterocycles. The third-order valence-corrected chi connectivity index (χ3v) is 2.84. The number of quaternary nitrogens is 1. The van der Waals surface area contributed by atoms with Gasteiger partial charge >= 0.3 is 0 Å². The van der Waals surface area contributed by atoms with Gasteiger partial charge in [0.15, 0.2) is 0 Å². The highest BCUT2D eigenvalue weighted by molar-refractivity contribution is 6.09. The van der Waals surface area contributed by atoms with Crippen LogP contribution in [0.2, 0.25) is 0 Å². The first-order chi connectivity index (χ1) is 6.93. The zero-order valence-corrected chi connectivity index (χ0v) is 7.93. The molecule has 2 N–H and O–H groups in total. The Balaban J connectivity index is 1.92. The topological polar surface area (TPSA) is 29.0 Å². The van der Waals surface area contributed by atoms with Crippen LogP contribution in [0.3, 0.4) is 0 Å². The Morgan fingerprint density at radius 1 is 1.21 bits per heavy atom. The van der Waals surface area contributed by atoms with Crippen LogP contribution in [0, 0.1) is 0 Å². The van der Waals surface area contributed by atoms with E-state index in [2.05, 4.69) is 40.8 Å². The van der Waals surface area contributed by atoms with Gasteiger partial charge in [0.1, 0.15) is 18.3 Å². The second kappa shape index (κ2) is 3.07. The number of aliphatic imine (C=N–C) groups is 1. The molecule has 0 spiro atoms. The highest BCUT2D eigenvalue weighted by Gasteiger charge is 2.41. The highest BCUT2D eigenvalue weighted by Crippen LogP contribution is 2.24. The highest BCUT2D eigenvalue weighted by atomic mass is 15.0. The molecule has 2 atom stereocenters. The van der Waals surface area contributed by atoms with E-state index < -0.39 is 0 Å². The maximum atomic E-state index is 4.53. The molecule has 1 aliphatic carbocycles. The molecule has 1 aromatic carbocycles. The lowest BCUT2D eigenvalue weighted by atomic mass is 10.1. The number of fused-ring (bicyclic) bond motifs is 1. The second-order valence-corrected chi connectivity index (χ2v) is 3.93. The fourth-order valence-electron chi connectivity index (χ4n) is 1.83. The van der Waals surface area contributed by atoms with Crippen molar-refractivity contribution in [3.05, 3.63) is 42.1 Å². The number of hydrogen-bond donors (Lipinski definition) is 1. The van der Waals surface area contributed by atoms with E-state index in [4.69, 9.17) is 0 Å². The van der Waals surface area contributed by atoms with Crippen LogP contribution in [0.15, 0.2) is 41.5 Å². The van der Waals surface area contributed by atoms with Gasteiger partial charge in [0.25, 0.3) is 0 Å². The zero-order chi connectivity index (χ0) is 9.38. The van der Waals surface area contributed by atoms with E-state index >= 15 is 0 Å². The normalized spacial score (nSPS) is 29.0. The molecule has 3 rings (SSSR count).